The highest BCUT2D eigenvalue weighted by atomic mass is 32.2. The number of nitrogens with one attached hydrogen (secondary N) is 1. The molecule has 0 bridgehead atoms. The van der Waals surface area contributed by atoms with Crippen LogP contribution in [0.25, 0.3) is 17.1 Å². The predicted molar refractivity (Wildman–Crippen MR) is 127 cm³/mol. The molecule has 0 saturated heterocycles. The number of aromatic nitrogens is 4. The summed E-state index contributed by atoms with van der Waals surface area (Å²) in [6.45, 7) is 3.87. The standard InChI is InChI=1S/C24H22N6OS/c1-17-10-12-21(13-11-17)30-23(19-7-4-3-5-8-19)28-29-24(30)32-16-22(31)27-26-18(2)20-9-6-14-25-15-20/h3-15H,16H2,1-2H3,(H,27,31)/b26-18+. The molecule has 2 heterocycles. The number of hydrogen-bond donors (Lipinski definition) is 1. The van der Waals surface area contributed by atoms with E-state index in [-0.39, 0.29) is 11.7 Å². The minimum absolute atomic E-state index is 0.155. The van der Waals surface area contributed by atoms with Crippen molar-refractivity contribution >= 4 is 23.4 Å². The SMILES string of the molecule is C/C(=N\NC(=O)CSc1nnc(-c2ccccc2)n1-c1ccc(C)cc1)c1cccnc1. The Morgan fingerprint density at radius 2 is 1.81 bits per heavy atom. The fourth-order valence-corrected chi connectivity index (χ4v) is 3.76. The summed E-state index contributed by atoms with van der Waals surface area (Å²) in [4.78, 5) is 16.5. The highest BCUT2D eigenvalue weighted by Gasteiger charge is 2.17. The second-order valence-corrected chi connectivity index (χ2v) is 8.05. The average molecular weight is 443 g/mol. The maximum absolute atomic E-state index is 12.4. The molecule has 0 aliphatic rings. The first-order valence-corrected chi connectivity index (χ1v) is 11.0. The van der Waals surface area contributed by atoms with Gasteiger partial charge in [0, 0.05) is 29.2 Å². The van der Waals surface area contributed by atoms with Crippen LogP contribution in [-0.2, 0) is 4.79 Å². The molecule has 1 amide bonds. The van der Waals surface area contributed by atoms with Crippen LogP contribution in [0, 0.1) is 6.92 Å². The zero-order valence-electron chi connectivity index (χ0n) is 17.8. The van der Waals surface area contributed by atoms with Crippen LogP contribution in [0.5, 0.6) is 0 Å². The van der Waals surface area contributed by atoms with Gasteiger partial charge in [0.1, 0.15) is 0 Å². The van der Waals surface area contributed by atoms with Gasteiger partial charge in [-0.2, -0.15) is 5.10 Å². The summed E-state index contributed by atoms with van der Waals surface area (Å²) in [6.07, 6.45) is 3.40. The van der Waals surface area contributed by atoms with E-state index >= 15 is 0 Å². The molecule has 4 rings (SSSR count). The number of carbonyl (C=O) groups is 1. The number of thioether (sulfide) groups is 1. The number of benzene rings is 2. The lowest BCUT2D eigenvalue weighted by atomic mass is 10.2. The molecule has 0 aliphatic heterocycles. The lowest BCUT2D eigenvalue weighted by Gasteiger charge is -2.10. The number of carbonyl (C=O) groups excluding carboxylic acids is 1. The van der Waals surface area contributed by atoms with Gasteiger partial charge in [0.2, 0.25) is 0 Å². The number of pyridine rings is 1. The summed E-state index contributed by atoms with van der Waals surface area (Å²) in [5.41, 5.74) is 7.19. The zero-order chi connectivity index (χ0) is 22.3. The molecule has 2 aromatic heterocycles. The van der Waals surface area contributed by atoms with Crippen molar-refractivity contribution < 1.29 is 4.79 Å². The molecule has 0 aliphatic carbocycles. The lowest BCUT2D eigenvalue weighted by Crippen LogP contribution is -2.21. The van der Waals surface area contributed by atoms with Crippen molar-refractivity contribution in [3.8, 4) is 17.1 Å². The number of aryl methyl sites for hydroxylation is 1. The molecular formula is C24H22N6OS. The summed E-state index contributed by atoms with van der Waals surface area (Å²) in [5, 5.41) is 13.6. The molecule has 8 heteroatoms. The van der Waals surface area contributed by atoms with Gasteiger partial charge in [-0.05, 0) is 32.0 Å². The first kappa shape index (κ1) is 21.5. The molecule has 2 aromatic carbocycles. The first-order valence-electron chi connectivity index (χ1n) is 10.1. The fraction of sp³-hybridized carbons (Fsp3) is 0.125. The Labute approximate surface area is 190 Å². The molecule has 1 N–H and O–H groups in total. The van der Waals surface area contributed by atoms with Crippen LogP contribution in [-0.4, -0.2) is 37.1 Å². The van der Waals surface area contributed by atoms with E-state index in [0.717, 1.165) is 22.6 Å². The van der Waals surface area contributed by atoms with Crippen molar-refractivity contribution in [3.05, 3.63) is 90.3 Å². The molecular weight excluding hydrogens is 420 g/mol. The Bertz CT molecular complexity index is 1220. The predicted octanol–water partition coefficient (Wildman–Crippen LogP) is 4.27. The minimum atomic E-state index is -0.224. The highest BCUT2D eigenvalue weighted by molar-refractivity contribution is 7.99. The number of amides is 1. The second-order valence-electron chi connectivity index (χ2n) is 7.11. The molecule has 0 spiro atoms. The Kier molecular flexibility index (Phi) is 6.72. The van der Waals surface area contributed by atoms with E-state index in [2.05, 4.69) is 25.7 Å². The molecule has 0 saturated carbocycles. The van der Waals surface area contributed by atoms with Crippen LogP contribution in [0.3, 0.4) is 0 Å². The molecule has 0 radical (unpaired) electrons. The Morgan fingerprint density at radius 1 is 1.03 bits per heavy atom. The average Bonchev–Trinajstić information content (AvgIpc) is 3.27. The topological polar surface area (TPSA) is 85.1 Å². The van der Waals surface area contributed by atoms with E-state index in [1.807, 2.05) is 85.1 Å². The normalized spacial score (nSPS) is 11.4. The van der Waals surface area contributed by atoms with Gasteiger partial charge in [0.15, 0.2) is 11.0 Å². The molecule has 0 fully saturated rings. The summed E-state index contributed by atoms with van der Waals surface area (Å²) >= 11 is 1.31. The summed E-state index contributed by atoms with van der Waals surface area (Å²) in [5.74, 6) is 0.656. The van der Waals surface area contributed by atoms with Crippen LogP contribution in [0.1, 0.15) is 18.1 Å². The van der Waals surface area contributed by atoms with Crippen molar-refractivity contribution in [1.29, 1.82) is 0 Å². The molecule has 0 unspecified atom stereocenters. The lowest BCUT2D eigenvalue weighted by molar-refractivity contribution is -0.118. The van der Waals surface area contributed by atoms with Gasteiger partial charge in [0.25, 0.3) is 5.91 Å². The van der Waals surface area contributed by atoms with Gasteiger partial charge in [-0.1, -0.05) is 65.9 Å². The molecule has 7 nitrogen and oxygen atoms in total. The number of hydrogen-bond acceptors (Lipinski definition) is 6. The maximum atomic E-state index is 12.4. The van der Waals surface area contributed by atoms with Gasteiger partial charge in [-0.15, -0.1) is 10.2 Å². The third-order valence-electron chi connectivity index (χ3n) is 4.72. The van der Waals surface area contributed by atoms with E-state index in [0.29, 0.717) is 10.9 Å². The van der Waals surface area contributed by atoms with Crippen LogP contribution in [0.4, 0.5) is 0 Å². The summed E-state index contributed by atoms with van der Waals surface area (Å²) in [6, 6.07) is 21.7. The van der Waals surface area contributed by atoms with Crippen LogP contribution in [0.2, 0.25) is 0 Å². The van der Waals surface area contributed by atoms with Crippen molar-refractivity contribution in [2.75, 3.05) is 5.75 Å². The number of nitrogens with zero attached hydrogens (tertiary/aromatic N) is 5. The van der Waals surface area contributed by atoms with E-state index < -0.39 is 0 Å². The van der Waals surface area contributed by atoms with Crippen molar-refractivity contribution in [2.45, 2.75) is 19.0 Å². The van der Waals surface area contributed by atoms with E-state index in [1.54, 1.807) is 12.4 Å². The van der Waals surface area contributed by atoms with Crippen molar-refractivity contribution in [1.82, 2.24) is 25.2 Å². The van der Waals surface area contributed by atoms with Crippen LogP contribution >= 0.6 is 11.8 Å². The smallest absolute Gasteiger partial charge is 0.250 e. The monoisotopic (exact) mass is 442 g/mol. The molecule has 4 aromatic rings. The quantitative estimate of drug-likeness (QED) is 0.262. The molecule has 160 valence electrons. The number of hydrazone groups is 1. The van der Waals surface area contributed by atoms with Crippen molar-refractivity contribution in [3.63, 3.8) is 0 Å². The van der Waals surface area contributed by atoms with Crippen molar-refractivity contribution in [2.24, 2.45) is 5.10 Å². The van der Waals surface area contributed by atoms with E-state index in [1.165, 1.54) is 17.3 Å². The molecule has 0 atom stereocenters. The van der Waals surface area contributed by atoms with Gasteiger partial charge < -0.3 is 0 Å². The zero-order valence-corrected chi connectivity index (χ0v) is 18.6. The Balaban J connectivity index is 1.53. The second kappa shape index (κ2) is 10.0. The van der Waals surface area contributed by atoms with Crippen LogP contribution in [0.15, 0.2) is 89.4 Å². The minimum Gasteiger partial charge on any atom is -0.272 e. The maximum Gasteiger partial charge on any atom is 0.250 e. The van der Waals surface area contributed by atoms with Gasteiger partial charge in [-0.25, -0.2) is 5.43 Å². The highest BCUT2D eigenvalue weighted by Crippen LogP contribution is 2.28. The van der Waals surface area contributed by atoms with Gasteiger partial charge in [0.05, 0.1) is 11.5 Å². The number of rotatable bonds is 7. The van der Waals surface area contributed by atoms with E-state index in [4.69, 9.17) is 0 Å². The first-order chi connectivity index (χ1) is 15.6. The van der Waals surface area contributed by atoms with Crippen LogP contribution < -0.4 is 5.43 Å². The third-order valence-corrected chi connectivity index (χ3v) is 5.65. The van der Waals surface area contributed by atoms with Gasteiger partial charge >= 0.3 is 0 Å². The van der Waals surface area contributed by atoms with Gasteiger partial charge in [-0.3, -0.25) is 14.3 Å². The summed E-state index contributed by atoms with van der Waals surface area (Å²) in [7, 11) is 0. The Hall–Kier alpha value is -3.78. The Morgan fingerprint density at radius 3 is 2.53 bits per heavy atom. The largest absolute Gasteiger partial charge is 0.272 e. The van der Waals surface area contributed by atoms with E-state index in [9.17, 15) is 4.79 Å². The molecule has 32 heavy (non-hydrogen) atoms. The fourth-order valence-electron chi connectivity index (χ4n) is 3.01. The summed E-state index contributed by atoms with van der Waals surface area (Å²) < 4.78 is 1.97. The third kappa shape index (κ3) is 5.09.